The van der Waals surface area contributed by atoms with E-state index in [4.69, 9.17) is 4.74 Å². The van der Waals surface area contributed by atoms with E-state index in [2.05, 4.69) is 11.8 Å². The van der Waals surface area contributed by atoms with Gasteiger partial charge in [0, 0.05) is 19.8 Å². The highest BCUT2D eigenvalue weighted by Crippen LogP contribution is 2.18. The van der Waals surface area contributed by atoms with Gasteiger partial charge in [-0.05, 0) is 32.4 Å². The number of hydrogen-bond donors (Lipinski definition) is 0. The molecule has 0 radical (unpaired) electrons. The molecule has 1 aliphatic heterocycles. The van der Waals surface area contributed by atoms with Crippen LogP contribution >= 0.6 is 0 Å². The Morgan fingerprint density at radius 3 is 2.62 bits per heavy atom. The summed E-state index contributed by atoms with van der Waals surface area (Å²) in [6.45, 7) is 9.66. The smallest absolute Gasteiger partial charge is 0.0477 e. The summed E-state index contributed by atoms with van der Waals surface area (Å²) in [7, 11) is 1.78. The fraction of sp³-hybridized carbons (Fsp3) is 1.00. The average Bonchev–Trinajstić information content (AvgIpc) is 2.65. The van der Waals surface area contributed by atoms with E-state index in [9.17, 15) is 0 Å². The van der Waals surface area contributed by atoms with Crippen molar-refractivity contribution in [3.05, 3.63) is 0 Å². The van der Waals surface area contributed by atoms with Crippen molar-refractivity contribution >= 4 is 0 Å². The average molecular weight is 187 g/mol. The van der Waals surface area contributed by atoms with E-state index >= 15 is 0 Å². The van der Waals surface area contributed by atoms with Gasteiger partial charge in [-0.3, -0.25) is 0 Å². The molecule has 0 aliphatic carbocycles. The first-order valence-corrected chi connectivity index (χ1v) is 5.61. The van der Waals surface area contributed by atoms with Gasteiger partial charge in [0.25, 0.3) is 0 Å². The third-order valence-electron chi connectivity index (χ3n) is 2.56. The SMILES string of the molecule is CC.CCN1CCCC1CCOC. The molecule has 1 unspecified atom stereocenters. The lowest BCUT2D eigenvalue weighted by molar-refractivity contribution is 0.155. The molecule has 0 spiro atoms. The van der Waals surface area contributed by atoms with Gasteiger partial charge < -0.3 is 9.64 Å². The van der Waals surface area contributed by atoms with Crippen molar-refractivity contribution in [2.45, 2.75) is 46.1 Å². The molecule has 1 fully saturated rings. The third kappa shape index (κ3) is 4.63. The molecule has 2 nitrogen and oxygen atoms in total. The number of nitrogens with zero attached hydrogens (tertiary/aromatic N) is 1. The fourth-order valence-electron chi connectivity index (χ4n) is 1.89. The fourth-order valence-corrected chi connectivity index (χ4v) is 1.89. The number of ether oxygens (including phenoxy) is 1. The number of rotatable bonds is 4. The number of hydrogen-bond acceptors (Lipinski definition) is 2. The molecule has 1 atom stereocenters. The summed E-state index contributed by atoms with van der Waals surface area (Å²) in [6.07, 6.45) is 3.96. The third-order valence-corrected chi connectivity index (χ3v) is 2.56. The molecule has 1 aliphatic rings. The second kappa shape index (κ2) is 8.52. The molecule has 0 amide bonds. The minimum absolute atomic E-state index is 0.806. The van der Waals surface area contributed by atoms with Gasteiger partial charge in [0.1, 0.15) is 0 Å². The van der Waals surface area contributed by atoms with E-state index in [-0.39, 0.29) is 0 Å². The summed E-state index contributed by atoms with van der Waals surface area (Å²) in [5.74, 6) is 0. The second-order valence-corrected chi connectivity index (χ2v) is 3.21. The van der Waals surface area contributed by atoms with E-state index in [1.54, 1.807) is 7.11 Å². The largest absolute Gasteiger partial charge is 0.385 e. The normalized spacial score (nSPS) is 22.6. The van der Waals surface area contributed by atoms with E-state index in [0.29, 0.717) is 0 Å². The van der Waals surface area contributed by atoms with Crippen LogP contribution in [0.3, 0.4) is 0 Å². The van der Waals surface area contributed by atoms with Crippen molar-refractivity contribution in [2.75, 3.05) is 26.8 Å². The minimum Gasteiger partial charge on any atom is -0.385 e. The standard InChI is InChI=1S/C9H19NO.C2H6/c1-3-10-7-4-5-9(10)6-8-11-2;1-2/h9H,3-8H2,1-2H3;1-2H3. The number of likely N-dealkylation sites (tertiary alicyclic amines) is 1. The molecule has 0 N–H and O–H groups in total. The summed E-state index contributed by atoms with van der Waals surface area (Å²) in [5, 5.41) is 0. The van der Waals surface area contributed by atoms with Crippen LogP contribution in [0.2, 0.25) is 0 Å². The maximum atomic E-state index is 5.07. The van der Waals surface area contributed by atoms with Gasteiger partial charge in [-0.2, -0.15) is 0 Å². The highest BCUT2D eigenvalue weighted by molar-refractivity contribution is 4.77. The second-order valence-electron chi connectivity index (χ2n) is 3.21. The Kier molecular flexibility index (Phi) is 8.46. The Balaban J connectivity index is 0.000000671. The van der Waals surface area contributed by atoms with Gasteiger partial charge in [0.05, 0.1) is 0 Å². The molecule has 0 aromatic heterocycles. The topological polar surface area (TPSA) is 12.5 Å². The van der Waals surface area contributed by atoms with Crippen LogP contribution < -0.4 is 0 Å². The maximum absolute atomic E-state index is 5.07. The summed E-state index contributed by atoms with van der Waals surface area (Å²) in [5.41, 5.74) is 0. The van der Waals surface area contributed by atoms with Crippen LogP contribution in [-0.4, -0.2) is 37.7 Å². The van der Waals surface area contributed by atoms with Crippen LogP contribution in [0.5, 0.6) is 0 Å². The van der Waals surface area contributed by atoms with Crippen LogP contribution in [0.4, 0.5) is 0 Å². The molecule has 13 heavy (non-hydrogen) atoms. The first-order valence-electron chi connectivity index (χ1n) is 5.61. The predicted octanol–water partition coefficient (Wildman–Crippen LogP) is 2.53. The lowest BCUT2D eigenvalue weighted by atomic mass is 10.1. The molecule has 0 aromatic carbocycles. The van der Waals surface area contributed by atoms with Crippen molar-refractivity contribution in [2.24, 2.45) is 0 Å². The summed E-state index contributed by atoms with van der Waals surface area (Å²) >= 11 is 0. The first kappa shape index (κ1) is 12.9. The van der Waals surface area contributed by atoms with E-state index < -0.39 is 0 Å². The molecule has 0 bridgehead atoms. The molecule has 2 heteroatoms. The van der Waals surface area contributed by atoms with Crippen molar-refractivity contribution in [1.29, 1.82) is 0 Å². The van der Waals surface area contributed by atoms with Crippen LogP contribution in [0.1, 0.15) is 40.0 Å². The van der Waals surface area contributed by atoms with Crippen molar-refractivity contribution < 1.29 is 4.74 Å². The Hall–Kier alpha value is -0.0800. The molecule has 0 aromatic rings. The first-order chi connectivity index (χ1) is 6.38. The lowest BCUT2D eigenvalue weighted by Crippen LogP contribution is -2.29. The summed E-state index contributed by atoms with van der Waals surface area (Å²) < 4.78 is 5.07. The molecule has 80 valence electrons. The lowest BCUT2D eigenvalue weighted by Gasteiger charge is -2.21. The highest BCUT2D eigenvalue weighted by Gasteiger charge is 2.21. The quantitative estimate of drug-likeness (QED) is 0.670. The zero-order valence-electron chi connectivity index (χ0n) is 9.68. The van der Waals surface area contributed by atoms with Gasteiger partial charge in [0.15, 0.2) is 0 Å². The molecular formula is C11H25NO. The Morgan fingerprint density at radius 2 is 2.08 bits per heavy atom. The van der Waals surface area contributed by atoms with E-state index in [1.165, 1.54) is 32.4 Å². The van der Waals surface area contributed by atoms with Crippen LogP contribution in [-0.2, 0) is 4.74 Å². The summed E-state index contributed by atoms with van der Waals surface area (Å²) in [4.78, 5) is 2.55. The van der Waals surface area contributed by atoms with Gasteiger partial charge in [-0.1, -0.05) is 20.8 Å². The molecule has 1 saturated heterocycles. The Bertz CT molecular complexity index is 106. The van der Waals surface area contributed by atoms with Crippen molar-refractivity contribution in [3.8, 4) is 0 Å². The Labute approximate surface area is 83.3 Å². The van der Waals surface area contributed by atoms with E-state index in [1.807, 2.05) is 13.8 Å². The molecule has 1 rings (SSSR count). The van der Waals surface area contributed by atoms with Crippen molar-refractivity contribution in [1.82, 2.24) is 4.90 Å². The van der Waals surface area contributed by atoms with Gasteiger partial charge >= 0.3 is 0 Å². The maximum Gasteiger partial charge on any atom is 0.0477 e. The van der Waals surface area contributed by atoms with Crippen molar-refractivity contribution in [3.63, 3.8) is 0 Å². The minimum atomic E-state index is 0.806. The monoisotopic (exact) mass is 187 g/mol. The number of methoxy groups -OCH3 is 1. The zero-order valence-corrected chi connectivity index (χ0v) is 9.68. The predicted molar refractivity (Wildman–Crippen MR) is 58.1 cm³/mol. The Morgan fingerprint density at radius 1 is 1.38 bits per heavy atom. The van der Waals surface area contributed by atoms with Gasteiger partial charge in [0.2, 0.25) is 0 Å². The summed E-state index contributed by atoms with van der Waals surface area (Å²) in [6, 6.07) is 0.806. The van der Waals surface area contributed by atoms with Gasteiger partial charge in [-0.15, -0.1) is 0 Å². The molecule has 1 heterocycles. The highest BCUT2D eigenvalue weighted by atomic mass is 16.5. The molecule has 0 saturated carbocycles. The van der Waals surface area contributed by atoms with E-state index in [0.717, 1.165) is 12.6 Å². The van der Waals surface area contributed by atoms with Crippen LogP contribution in [0.15, 0.2) is 0 Å². The molecular weight excluding hydrogens is 162 g/mol. The van der Waals surface area contributed by atoms with Crippen LogP contribution in [0.25, 0.3) is 0 Å². The van der Waals surface area contributed by atoms with Gasteiger partial charge in [-0.25, -0.2) is 0 Å². The van der Waals surface area contributed by atoms with Crippen LogP contribution in [0, 0.1) is 0 Å². The zero-order chi connectivity index (χ0) is 10.1.